The third-order valence-corrected chi connectivity index (χ3v) is 8.02. The van der Waals surface area contributed by atoms with Crippen LogP contribution in [-0.2, 0) is 13.0 Å². The van der Waals surface area contributed by atoms with Crippen LogP contribution in [0, 0.1) is 12.8 Å². The molecule has 6 rings (SSSR count). The molecule has 184 valence electrons. The van der Waals surface area contributed by atoms with Crippen LogP contribution in [0.25, 0.3) is 33.5 Å². The van der Waals surface area contributed by atoms with Gasteiger partial charge in [-0.05, 0) is 79.3 Å². The van der Waals surface area contributed by atoms with Gasteiger partial charge in [0, 0.05) is 49.1 Å². The summed E-state index contributed by atoms with van der Waals surface area (Å²) in [4.78, 5) is 30.3. The Morgan fingerprint density at radius 2 is 1.97 bits per heavy atom. The quantitative estimate of drug-likeness (QED) is 0.422. The Hall–Kier alpha value is -3.51. The van der Waals surface area contributed by atoms with E-state index in [1.54, 1.807) is 0 Å². The number of likely N-dealkylation sites (tertiary alicyclic amines) is 1. The molecule has 1 amide bonds. The maximum atomic E-state index is 13.0. The summed E-state index contributed by atoms with van der Waals surface area (Å²) in [6, 6.07) is 12.5. The predicted octanol–water partition coefficient (Wildman–Crippen LogP) is 5.46. The fraction of sp³-hybridized carbons (Fsp3) is 0.367. The van der Waals surface area contributed by atoms with Crippen molar-refractivity contribution in [1.29, 1.82) is 0 Å². The second kappa shape index (κ2) is 9.17. The molecular weight excluding hydrogens is 446 g/mol. The zero-order valence-electron chi connectivity index (χ0n) is 21.3. The van der Waals surface area contributed by atoms with Crippen molar-refractivity contribution < 1.29 is 4.79 Å². The summed E-state index contributed by atoms with van der Waals surface area (Å²) in [5.41, 5.74) is 10.6. The van der Waals surface area contributed by atoms with Crippen molar-refractivity contribution in [2.45, 2.75) is 39.7 Å². The molecule has 6 nitrogen and oxygen atoms in total. The molecule has 1 fully saturated rings. The molecule has 4 aromatic rings. The monoisotopic (exact) mass is 479 g/mol. The highest BCUT2D eigenvalue weighted by Gasteiger charge is 2.26. The van der Waals surface area contributed by atoms with Gasteiger partial charge in [0.15, 0.2) is 5.65 Å². The maximum Gasteiger partial charge on any atom is 0.253 e. The van der Waals surface area contributed by atoms with Gasteiger partial charge in [0.25, 0.3) is 5.91 Å². The number of nitrogens with zero attached hydrogens (tertiary/aromatic N) is 4. The number of aromatic amines is 1. The van der Waals surface area contributed by atoms with E-state index < -0.39 is 0 Å². The highest BCUT2D eigenvalue weighted by Crippen LogP contribution is 2.32. The maximum absolute atomic E-state index is 13.0. The molecule has 2 aromatic carbocycles. The van der Waals surface area contributed by atoms with E-state index in [1.165, 1.54) is 16.7 Å². The van der Waals surface area contributed by atoms with Gasteiger partial charge in [-0.2, -0.15) is 0 Å². The lowest BCUT2D eigenvalue weighted by atomic mass is 9.92. The molecular formula is C30H33N5O. The number of aromatic nitrogens is 3. The number of rotatable bonds is 4. The topological polar surface area (TPSA) is 65.1 Å². The number of carbonyl (C=O) groups is 1. The summed E-state index contributed by atoms with van der Waals surface area (Å²) in [5, 5.41) is 0. The number of fused-ring (bicyclic) bond motifs is 2. The fourth-order valence-corrected chi connectivity index (χ4v) is 5.79. The molecule has 1 atom stereocenters. The normalized spacial score (nSPS) is 18.1. The van der Waals surface area contributed by atoms with Crippen LogP contribution in [0.1, 0.15) is 46.8 Å². The number of hydrogen-bond donors (Lipinski definition) is 1. The van der Waals surface area contributed by atoms with Crippen molar-refractivity contribution in [3.63, 3.8) is 0 Å². The van der Waals surface area contributed by atoms with E-state index in [4.69, 9.17) is 4.98 Å². The molecule has 4 heterocycles. The highest BCUT2D eigenvalue weighted by atomic mass is 16.2. The van der Waals surface area contributed by atoms with E-state index in [0.29, 0.717) is 5.92 Å². The number of carbonyl (C=O) groups excluding carboxylic acids is 1. The molecule has 6 heteroatoms. The van der Waals surface area contributed by atoms with Gasteiger partial charge in [-0.3, -0.25) is 4.79 Å². The standard InChI is InChI=1S/C30H33N5O/c1-4-20-9-12-35(17-20)30(36)22-7-5-21(6-8-22)26-15-31-29-28(26)33-27(16-32-29)23-13-19(2)25-10-11-34(3)18-24(25)14-23/h5-8,13-16,20H,4,9-12,17-18H2,1-3H3,(H,31,32)/t20-/m0/s1. The zero-order valence-corrected chi connectivity index (χ0v) is 21.3. The zero-order chi connectivity index (χ0) is 24.8. The van der Waals surface area contributed by atoms with Crippen LogP contribution in [0.15, 0.2) is 48.8 Å². The first kappa shape index (κ1) is 22.9. The number of amides is 1. The smallest absolute Gasteiger partial charge is 0.253 e. The van der Waals surface area contributed by atoms with Gasteiger partial charge in [-0.1, -0.05) is 25.5 Å². The van der Waals surface area contributed by atoms with E-state index in [9.17, 15) is 4.79 Å². The van der Waals surface area contributed by atoms with E-state index >= 15 is 0 Å². The summed E-state index contributed by atoms with van der Waals surface area (Å²) in [6.07, 6.45) is 7.16. The van der Waals surface area contributed by atoms with Crippen LogP contribution in [0.3, 0.4) is 0 Å². The van der Waals surface area contributed by atoms with E-state index in [1.807, 2.05) is 41.6 Å². The summed E-state index contributed by atoms with van der Waals surface area (Å²) < 4.78 is 0. The molecule has 0 bridgehead atoms. The lowest BCUT2D eigenvalue weighted by molar-refractivity contribution is 0.0787. The lowest BCUT2D eigenvalue weighted by Gasteiger charge is -2.27. The molecule has 2 aliphatic rings. The number of hydrogen-bond acceptors (Lipinski definition) is 4. The van der Waals surface area contributed by atoms with Gasteiger partial charge < -0.3 is 14.8 Å². The fourth-order valence-electron chi connectivity index (χ4n) is 5.79. The molecule has 0 aliphatic carbocycles. The molecule has 36 heavy (non-hydrogen) atoms. The van der Waals surface area contributed by atoms with Crippen molar-refractivity contribution in [2.24, 2.45) is 5.92 Å². The summed E-state index contributed by atoms with van der Waals surface area (Å²) in [5.74, 6) is 0.763. The van der Waals surface area contributed by atoms with Crippen molar-refractivity contribution in [2.75, 3.05) is 26.7 Å². The Kier molecular flexibility index (Phi) is 5.84. The molecule has 0 saturated carbocycles. The lowest BCUT2D eigenvalue weighted by Crippen LogP contribution is -2.28. The minimum Gasteiger partial charge on any atom is -0.344 e. The molecule has 1 N–H and O–H groups in total. The second-order valence-corrected chi connectivity index (χ2v) is 10.5. The SMILES string of the molecule is CC[C@H]1CCN(C(=O)c2ccc(-c3c[nH]c4ncc(-c5cc(C)c6c(c5)CN(C)CC6)nc34)cc2)C1. The first-order valence-corrected chi connectivity index (χ1v) is 13.0. The Balaban J connectivity index is 1.30. The van der Waals surface area contributed by atoms with Crippen LogP contribution in [0.2, 0.25) is 0 Å². The van der Waals surface area contributed by atoms with Gasteiger partial charge in [0.1, 0.15) is 5.52 Å². The summed E-state index contributed by atoms with van der Waals surface area (Å²) in [7, 11) is 2.18. The third-order valence-electron chi connectivity index (χ3n) is 8.02. The Morgan fingerprint density at radius 1 is 1.14 bits per heavy atom. The Labute approximate surface area is 212 Å². The first-order chi connectivity index (χ1) is 17.5. The Bertz CT molecular complexity index is 1440. The van der Waals surface area contributed by atoms with Gasteiger partial charge in [0.2, 0.25) is 0 Å². The summed E-state index contributed by atoms with van der Waals surface area (Å²) in [6.45, 7) is 8.21. The molecule has 0 radical (unpaired) electrons. The van der Waals surface area contributed by atoms with Crippen molar-refractivity contribution in [3.8, 4) is 22.4 Å². The average molecular weight is 480 g/mol. The molecule has 2 aromatic heterocycles. The predicted molar refractivity (Wildman–Crippen MR) is 144 cm³/mol. The largest absolute Gasteiger partial charge is 0.344 e. The van der Waals surface area contributed by atoms with Gasteiger partial charge >= 0.3 is 0 Å². The van der Waals surface area contributed by atoms with E-state index in [0.717, 1.165) is 84.6 Å². The molecule has 0 unspecified atom stereocenters. The minimum absolute atomic E-state index is 0.131. The highest BCUT2D eigenvalue weighted by molar-refractivity contribution is 5.96. The van der Waals surface area contributed by atoms with Crippen molar-refractivity contribution in [3.05, 3.63) is 71.0 Å². The van der Waals surface area contributed by atoms with Crippen LogP contribution in [0.4, 0.5) is 0 Å². The Morgan fingerprint density at radius 3 is 2.75 bits per heavy atom. The van der Waals surface area contributed by atoms with Gasteiger partial charge in [-0.25, -0.2) is 9.97 Å². The van der Waals surface area contributed by atoms with Crippen LogP contribution in [0.5, 0.6) is 0 Å². The third kappa shape index (κ3) is 4.09. The van der Waals surface area contributed by atoms with Gasteiger partial charge in [0.05, 0.1) is 11.9 Å². The van der Waals surface area contributed by atoms with Crippen molar-refractivity contribution >= 4 is 17.1 Å². The van der Waals surface area contributed by atoms with Crippen LogP contribution in [-0.4, -0.2) is 57.3 Å². The minimum atomic E-state index is 0.131. The van der Waals surface area contributed by atoms with E-state index in [2.05, 4.69) is 47.9 Å². The van der Waals surface area contributed by atoms with Crippen LogP contribution >= 0.6 is 0 Å². The van der Waals surface area contributed by atoms with Gasteiger partial charge in [-0.15, -0.1) is 0 Å². The number of H-pyrrole nitrogens is 1. The number of likely N-dealkylation sites (N-methyl/N-ethyl adjacent to an activating group) is 1. The molecule has 1 saturated heterocycles. The van der Waals surface area contributed by atoms with E-state index in [-0.39, 0.29) is 5.91 Å². The van der Waals surface area contributed by atoms with Crippen LogP contribution < -0.4 is 0 Å². The summed E-state index contributed by atoms with van der Waals surface area (Å²) >= 11 is 0. The molecule has 0 spiro atoms. The second-order valence-electron chi connectivity index (χ2n) is 10.5. The number of nitrogens with one attached hydrogen (secondary N) is 1. The number of aryl methyl sites for hydroxylation is 1. The number of benzene rings is 2. The average Bonchev–Trinajstić information content (AvgIpc) is 3.55. The molecule has 2 aliphatic heterocycles. The first-order valence-electron chi connectivity index (χ1n) is 13.0. The van der Waals surface area contributed by atoms with Crippen molar-refractivity contribution in [1.82, 2.24) is 24.8 Å².